The minimum Gasteiger partial charge on any atom is -0.493 e. The molecule has 1 saturated carbocycles. The molecule has 2 aliphatic rings. The minimum absolute atomic E-state index is 0.139. The van der Waals surface area contributed by atoms with Crippen molar-refractivity contribution in [3.63, 3.8) is 0 Å². The van der Waals surface area contributed by atoms with E-state index in [9.17, 15) is 0 Å². The lowest BCUT2D eigenvalue weighted by Crippen LogP contribution is -2.29. The van der Waals surface area contributed by atoms with Crippen LogP contribution in [0.5, 0.6) is 11.5 Å². The molecule has 0 bridgehead atoms. The number of methoxy groups -OCH3 is 1. The Balaban J connectivity index is 1.73. The van der Waals surface area contributed by atoms with Gasteiger partial charge in [0.2, 0.25) is 0 Å². The highest BCUT2D eigenvalue weighted by molar-refractivity contribution is 5.46. The van der Waals surface area contributed by atoms with Crippen molar-refractivity contribution in [3.05, 3.63) is 23.8 Å². The summed E-state index contributed by atoms with van der Waals surface area (Å²) in [5, 5.41) is 3.54. The summed E-state index contributed by atoms with van der Waals surface area (Å²) in [5.74, 6) is 1.68. The number of ether oxygens (including phenoxy) is 3. The van der Waals surface area contributed by atoms with Crippen LogP contribution in [0.4, 0.5) is 0 Å². The van der Waals surface area contributed by atoms with Crippen LogP contribution in [0.2, 0.25) is 0 Å². The van der Waals surface area contributed by atoms with Gasteiger partial charge in [-0.3, -0.25) is 0 Å². The Labute approximate surface area is 120 Å². The highest BCUT2D eigenvalue weighted by atomic mass is 16.5. The summed E-state index contributed by atoms with van der Waals surface area (Å²) in [4.78, 5) is 0. The van der Waals surface area contributed by atoms with E-state index < -0.39 is 0 Å². The Hall–Kier alpha value is -1.26. The standard InChI is InChI=1S/C16H23NO3/c1-18-15-6-2-4-12(10-17-13-7-8-13)16(15)20-14-5-3-9-19-11-14/h2,4,6,13-14,17H,3,5,7-11H2,1H3. The van der Waals surface area contributed by atoms with E-state index in [1.165, 1.54) is 18.4 Å². The van der Waals surface area contributed by atoms with Gasteiger partial charge in [-0.05, 0) is 31.7 Å². The zero-order chi connectivity index (χ0) is 13.8. The Morgan fingerprint density at radius 2 is 2.20 bits per heavy atom. The monoisotopic (exact) mass is 277 g/mol. The van der Waals surface area contributed by atoms with Gasteiger partial charge in [0.05, 0.1) is 13.7 Å². The highest BCUT2D eigenvalue weighted by Gasteiger charge is 2.23. The molecule has 2 fully saturated rings. The molecule has 1 aromatic carbocycles. The van der Waals surface area contributed by atoms with Crippen LogP contribution in [0, 0.1) is 0 Å². The summed E-state index contributed by atoms with van der Waals surface area (Å²) >= 11 is 0. The van der Waals surface area contributed by atoms with Gasteiger partial charge in [-0.1, -0.05) is 12.1 Å². The number of hydrogen-bond acceptors (Lipinski definition) is 4. The molecule has 1 aromatic rings. The van der Waals surface area contributed by atoms with E-state index in [0.29, 0.717) is 12.6 Å². The minimum atomic E-state index is 0.139. The number of benzene rings is 1. The maximum atomic E-state index is 6.17. The van der Waals surface area contributed by atoms with Gasteiger partial charge in [0.1, 0.15) is 6.10 Å². The Morgan fingerprint density at radius 3 is 2.90 bits per heavy atom. The van der Waals surface area contributed by atoms with Crippen LogP contribution in [0.3, 0.4) is 0 Å². The predicted octanol–water partition coefficient (Wildman–Crippen LogP) is 2.51. The molecule has 1 heterocycles. The zero-order valence-electron chi connectivity index (χ0n) is 12.1. The van der Waals surface area contributed by atoms with Crippen molar-refractivity contribution >= 4 is 0 Å². The normalized spacial score (nSPS) is 22.6. The van der Waals surface area contributed by atoms with Crippen molar-refractivity contribution in [2.75, 3.05) is 20.3 Å². The quantitative estimate of drug-likeness (QED) is 0.867. The molecule has 0 radical (unpaired) electrons. The number of nitrogens with one attached hydrogen (secondary N) is 1. The maximum Gasteiger partial charge on any atom is 0.166 e. The fraction of sp³-hybridized carbons (Fsp3) is 0.625. The third-order valence-corrected chi connectivity index (χ3v) is 3.84. The van der Waals surface area contributed by atoms with E-state index in [1.54, 1.807) is 7.11 Å². The van der Waals surface area contributed by atoms with Crippen LogP contribution in [0.15, 0.2) is 18.2 Å². The van der Waals surface area contributed by atoms with Crippen LogP contribution in [0.1, 0.15) is 31.2 Å². The van der Waals surface area contributed by atoms with Gasteiger partial charge in [-0.25, -0.2) is 0 Å². The molecule has 0 aromatic heterocycles. The van der Waals surface area contributed by atoms with Gasteiger partial charge in [0.15, 0.2) is 11.5 Å². The van der Waals surface area contributed by atoms with Crippen LogP contribution < -0.4 is 14.8 Å². The van der Waals surface area contributed by atoms with E-state index in [2.05, 4.69) is 11.4 Å². The molecule has 110 valence electrons. The van der Waals surface area contributed by atoms with Crippen LogP contribution in [-0.2, 0) is 11.3 Å². The first kappa shape index (κ1) is 13.7. The van der Waals surface area contributed by atoms with E-state index in [0.717, 1.165) is 37.5 Å². The second-order valence-electron chi connectivity index (χ2n) is 5.56. The molecule has 20 heavy (non-hydrogen) atoms. The summed E-state index contributed by atoms with van der Waals surface area (Å²) in [5.41, 5.74) is 1.17. The molecule has 3 rings (SSSR count). The molecule has 0 amide bonds. The van der Waals surface area contributed by atoms with Crippen molar-refractivity contribution < 1.29 is 14.2 Å². The summed E-state index contributed by atoms with van der Waals surface area (Å²) < 4.78 is 17.1. The first-order valence-corrected chi connectivity index (χ1v) is 7.50. The summed E-state index contributed by atoms with van der Waals surface area (Å²) in [6.07, 6.45) is 4.83. The van der Waals surface area contributed by atoms with Gasteiger partial charge in [0, 0.05) is 24.8 Å². The fourth-order valence-corrected chi connectivity index (χ4v) is 2.51. The van der Waals surface area contributed by atoms with Crippen molar-refractivity contribution in [1.29, 1.82) is 0 Å². The number of hydrogen-bond donors (Lipinski definition) is 1. The van der Waals surface area contributed by atoms with Gasteiger partial charge >= 0.3 is 0 Å². The molecular weight excluding hydrogens is 254 g/mol. The van der Waals surface area contributed by atoms with Gasteiger partial charge in [0.25, 0.3) is 0 Å². The van der Waals surface area contributed by atoms with E-state index in [1.807, 2.05) is 12.1 Å². The molecular formula is C16H23NO3. The first-order chi connectivity index (χ1) is 9.86. The predicted molar refractivity (Wildman–Crippen MR) is 77.3 cm³/mol. The lowest BCUT2D eigenvalue weighted by molar-refractivity contribution is 0.00599. The topological polar surface area (TPSA) is 39.7 Å². The van der Waals surface area contributed by atoms with E-state index in [4.69, 9.17) is 14.2 Å². The molecule has 4 heteroatoms. The second kappa shape index (κ2) is 6.46. The number of rotatable bonds is 6. The SMILES string of the molecule is COc1cccc(CNC2CC2)c1OC1CCCOC1. The van der Waals surface area contributed by atoms with E-state index >= 15 is 0 Å². The fourth-order valence-electron chi connectivity index (χ4n) is 2.51. The summed E-state index contributed by atoms with van der Waals surface area (Å²) in [6.45, 7) is 2.36. The van der Waals surface area contributed by atoms with Gasteiger partial charge < -0.3 is 19.5 Å². The molecule has 0 spiro atoms. The van der Waals surface area contributed by atoms with Crippen molar-refractivity contribution in [2.24, 2.45) is 0 Å². The van der Waals surface area contributed by atoms with Gasteiger partial charge in [-0.15, -0.1) is 0 Å². The van der Waals surface area contributed by atoms with Crippen molar-refractivity contribution in [3.8, 4) is 11.5 Å². The van der Waals surface area contributed by atoms with Crippen molar-refractivity contribution in [2.45, 2.75) is 44.4 Å². The average molecular weight is 277 g/mol. The van der Waals surface area contributed by atoms with Crippen molar-refractivity contribution in [1.82, 2.24) is 5.32 Å². The largest absolute Gasteiger partial charge is 0.493 e. The smallest absolute Gasteiger partial charge is 0.166 e. The lowest BCUT2D eigenvalue weighted by atomic mass is 10.1. The zero-order valence-corrected chi connectivity index (χ0v) is 12.1. The average Bonchev–Trinajstić information content (AvgIpc) is 3.31. The summed E-state index contributed by atoms with van der Waals surface area (Å²) in [7, 11) is 1.69. The molecule has 1 atom stereocenters. The Bertz CT molecular complexity index is 439. The first-order valence-electron chi connectivity index (χ1n) is 7.50. The van der Waals surface area contributed by atoms with Crippen LogP contribution in [-0.4, -0.2) is 32.5 Å². The summed E-state index contributed by atoms with van der Waals surface area (Å²) in [6, 6.07) is 6.77. The molecule has 1 saturated heterocycles. The molecule has 1 aliphatic heterocycles. The van der Waals surface area contributed by atoms with Crippen LogP contribution in [0.25, 0.3) is 0 Å². The van der Waals surface area contributed by atoms with Crippen LogP contribution >= 0.6 is 0 Å². The number of para-hydroxylation sites is 1. The molecule has 1 aliphatic carbocycles. The lowest BCUT2D eigenvalue weighted by Gasteiger charge is -2.25. The Morgan fingerprint density at radius 1 is 1.30 bits per heavy atom. The third kappa shape index (κ3) is 3.44. The van der Waals surface area contributed by atoms with Gasteiger partial charge in [-0.2, -0.15) is 0 Å². The van der Waals surface area contributed by atoms with E-state index in [-0.39, 0.29) is 6.10 Å². The second-order valence-corrected chi connectivity index (χ2v) is 5.56. The molecule has 4 nitrogen and oxygen atoms in total. The highest BCUT2D eigenvalue weighted by Crippen LogP contribution is 2.33. The molecule has 1 N–H and O–H groups in total. The maximum absolute atomic E-state index is 6.17. The Kier molecular flexibility index (Phi) is 4.43. The third-order valence-electron chi connectivity index (χ3n) is 3.84. The molecule has 1 unspecified atom stereocenters.